The van der Waals surface area contributed by atoms with Crippen LogP contribution in [0.4, 0.5) is 5.82 Å². The quantitative estimate of drug-likeness (QED) is 0.443. The van der Waals surface area contributed by atoms with Crippen molar-refractivity contribution in [3.63, 3.8) is 0 Å². The van der Waals surface area contributed by atoms with Crippen molar-refractivity contribution in [2.45, 2.75) is 32.7 Å². The summed E-state index contributed by atoms with van der Waals surface area (Å²) in [6.45, 7) is 8.27. The van der Waals surface area contributed by atoms with Crippen LogP contribution in [-0.2, 0) is 22.5 Å². The van der Waals surface area contributed by atoms with Gasteiger partial charge in [0.15, 0.2) is 0 Å². The molecule has 1 saturated heterocycles. The first-order valence-electron chi connectivity index (χ1n) is 11.9. The first-order chi connectivity index (χ1) is 16.6. The van der Waals surface area contributed by atoms with Gasteiger partial charge in [0, 0.05) is 56.0 Å². The number of halogens is 1. The number of aromatic nitrogens is 2. The van der Waals surface area contributed by atoms with Crippen molar-refractivity contribution in [2.24, 2.45) is 0 Å². The fourth-order valence-corrected chi connectivity index (χ4v) is 4.26. The summed E-state index contributed by atoms with van der Waals surface area (Å²) in [7, 11) is 0. The van der Waals surface area contributed by atoms with E-state index in [9.17, 15) is 4.79 Å². The summed E-state index contributed by atoms with van der Waals surface area (Å²) in [4.78, 5) is 26.8. The number of carbonyl (C=O) groups is 1. The molecule has 0 saturated carbocycles. The van der Waals surface area contributed by atoms with Crippen LogP contribution in [0.15, 0.2) is 41.0 Å². The predicted octanol–water partition coefficient (Wildman–Crippen LogP) is 3.67. The molecule has 0 atom stereocenters. The van der Waals surface area contributed by atoms with Gasteiger partial charge in [0.1, 0.15) is 17.4 Å². The molecule has 2 aromatic heterocycles. The lowest BCUT2D eigenvalue weighted by Gasteiger charge is -2.29. The maximum Gasteiger partial charge on any atom is 0.222 e. The van der Waals surface area contributed by atoms with E-state index < -0.39 is 0 Å². The smallest absolute Gasteiger partial charge is 0.222 e. The molecule has 1 amide bonds. The summed E-state index contributed by atoms with van der Waals surface area (Å²) in [6.07, 6.45) is 3.66. The molecule has 1 aliphatic rings. The summed E-state index contributed by atoms with van der Waals surface area (Å²) in [5.74, 6) is 2.35. The van der Waals surface area contributed by atoms with Crippen molar-refractivity contribution < 1.29 is 13.9 Å². The molecule has 1 N–H and O–H groups in total. The van der Waals surface area contributed by atoms with E-state index in [-0.39, 0.29) is 5.91 Å². The van der Waals surface area contributed by atoms with Crippen LogP contribution >= 0.6 is 11.6 Å². The number of aryl methyl sites for hydroxylation is 1. The fourth-order valence-electron chi connectivity index (χ4n) is 4.09. The molecule has 0 bridgehead atoms. The lowest BCUT2D eigenvalue weighted by molar-refractivity contribution is -0.121. The van der Waals surface area contributed by atoms with Gasteiger partial charge in [0.25, 0.3) is 0 Å². The van der Waals surface area contributed by atoms with Gasteiger partial charge in [-0.3, -0.25) is 9.69 Å². The summed E-state index contributed by atoms with van der Waals surface area (Å²) in [5.41, 5.74) is 0.829. The lowest BCUT2D eigenvalue weighted by Crippen LogP contribution is -2.39. The van der Waals surface area contributed by atoms with E-state index in [1.807, 2.05) is 37.3 Å². The first-order valence-corrected chi connectivity index (χ1v) is 12.3. The van der Waals surface area contributed by atoms with Crippen molar-refractivity contribution in [3.8, 4) is 0 Å². The largest absolute Gasteiger partial charge is 0.467 e. The van der Waals surface area contributed by atoms with Crippen molar-refractivity contribution >= 4 is 34.2 Å². The SMILES string of the molecule is CCc1nc(N(CCCN2CCOCC2)CCC(=O)NCc2ccco2)c2ccc(Cl)cc2n1. The summed E-state index contributed by atoms with van der Waals surface area (Å²) in [6, 6.07) is 9.38. The normalized spacial score (nSPS) is 14.4. The van der Waals surface area contributed by atoms with Crippen LogP contribution in [0.3, 0.4) is 0 Å². The highest BCUT2D eigenvalue weighted by Gasteiger charge is 2.17. The number of carbonyl (C=O) groups excluding carboxylic acids is 1. The number of furan rings is 1. The van der Waals surface area contributed by atoms with Crippen molar-refractivity contribution in [3.05, 3.63) is 53.2 Å². The van der Waals surface area contributed by atoms with Crippen LogP contribution in [0.1, 0.15) is 31.4 Å². The van der Waals surface area contributed by atoms with Crippen LogP contribution in [-0.4, -0.2) is 66.7 Å². The monoisotopic (exact) mass is 485 g/mol. The highest BCUT2D eigenvalue weighted by molar-refractivity contribution is 6.31. The fraction of sp³-hybridized carbons (Fsp3) is 0.480. The van der Waals surface area contributed by atoms with E-state index >= 15 is 0 Å². The molecule has 182 valence electrons. The molecule has 1 aromatic carbocycles. The number of nitrogens with zero attached hydrogens (tertiary/aromatic N) is 4. The Balaban J connectivity index is 1.48. The summed E-state index contributed by atoms with van der Waals surface area (Å²) in [5, 5.41) is 4.53. The highest BCUT2D eigenvalue weighted by Crippen LogP contribution is 2.27. The van der Waals surface area contributed by atoms with Gasteiger partial charge >= 0.3 is 0 Å². The number of nitrogens with one attached hydrogen (secondary N) is 1. The van der Waals surface area contributed by atoms with Crippen LogP contribution in [0.5, 0.6) is 0 Å². The third-order valence-corrected chi connectivity index (χ3v) is 6.19. The number of hydrogen-bond donors (Lipinski definition) is 1. The Labute approximate surface area is 205 Å². The minimum absolute atomic E-state index is 0.0216. The van der Waals surface area contributed by atoms with Crippen LogP contribution in [0.2, 0.25) is 5.02 Å². The zero-order chi connectivity index (χ0) is 23.8. The Morgan fingerprint density at radius 1 is 1.21 bits per heavy atom. The molecule has 0 unspecified atom stereocenters. The molecular formula is C25H32ClN5O3. The zero-order valence-electron chi connectivity index (χ0n) is 19.6. The van der Waals surface area contributed by atoms with Gasteiger partial charge in [-0.15, -0.1) is 0 Å². The molecule has 1 fully saturated rings. The minimum Gasteiger partial charge on any atom is -0.467 e. The maximum absolute atomic E-state index is 12.6. The second-order valence-corrected chi connectivity index (χ2v) is 8.82. The molecular weight excluding hydrogens is 454 g/mol. The molecule has 0 radical (unpaired) electrons. The number of benzene rings is 1. The van der Waals surface area contributed by atoms with Gasteiger partial charge in [-0.05, 0) is 36.8 Å². The second-order valence-electron chi connectivity index (χ2n) is 8.38. The van der Waals surface area contributed by atoms with Gasteiger partial charge in [-0.25, -0.2) is 9.97 Å². The van der Waals surface area contributed by atoms with Crippen LogP contribution in [0.25, 0.3) is 10.9 Å². The van der Waals surface area contributed by atoms with Gasteiger partial charge in [0.2, 0.25) is 5.91 Å². The molecule has 9 heteroatoms. The molecule has 0 aliphatic carbocycles. The van der Waals surface area contributed by atoms with Crippen molar-refractivity contribution in [1.29, 1.82) is 0 Å². The van der Waals surface area contributed by atoms with E-state index in [1.165, 1.54) is 0 Å². The third kappa shape index (κ3) is 6.68. The van der Waals surface area contributed by atoms with E-state index in [0.717, 1.165) is 80.5 Å². The standard InChI is InChI=1S/C25H32ClN5O3/c1-2-23-28-22-17-19(26)6-7-21(22)25(29-23)31(10-4-9-30-12-15-33-16-13-30)11-8-24(32)27-18-20-5-3-14-34-20/h3,5-7,14,17H,2,4,8-13,15-16,18H2,1H3,(H,27,32). The van der Waals surface area contributed by atoms with E-state index in [0.29, 0.717) is 24.5 Å². The lowest BCUT2D eigenvalue weighted by atomic mass is 10.2. The summed E-state index contributed by atoms with van der Waals surface area (Å²) < 4.78 is 10.8. The number of morpholine rings is 1. The van der Waals surface area contributed by atoms with Crippen molar-refractivity contribution in [2.75, 3.05) is 50.8 Å². The number of anilines is 1. The van der Waals surface area contributed by atoms with Gasteiger partial charge < -0.3 is 19.4 Å². The molecule has 4 rings (SSSR count). The average Bonchev–Trinajstić information content (AvgIpc) is 3.38. The Hall–Kier alpha value is -2.68. The molecule has 34 heavy (non-hydrogen) atoms. The van der Waals surface area contributed by atoms with Gasteiger partial charge in [-0.2, -0.15) is 0 Å². The maximum atomic E-state index is 12.6. The third-order valence-electron chi connectivity index (χ3n) is 5.96. The molecule has 0 spiro atoms. The van der Waals surface area contributed by atoms with Crippen LogP contribution < -0.4 is 10.2 Å². The zero-order valence-corrected chi connectivity index (χ0v) is 20.4. The van der Waals surface area contributed by atoms with Crippen molar-refractivity contribution in [1.82, 2.24) is 20.2 Å². The highest BCUT2D eigenvalue weighted by atomic mass is 35.5. The van der Waals surface area contributed by atoms with Crippen LogP contribution in [0, 0.1) is 0 Å². The Kier molecular flexibility index (Phi) is 8.73. The Morgan fingerprint density at radius 3 is 2.82 bits per heavy atom. The van der Waals surface area contributed by atoms with E-state index in [4.69, 9.17) is 25.7 Å². The predicted molar refractivity (Wildman–Crippen MR) is 133 cm³/mol. The van der Waals surface area contributed by atoms with E-state index in [2.05, 4.69) is 20.1 Å². The number of hydrogen-bond acceptors (Lipinski definition) is 7. The molecule has 3 heterocycles. The number of rotatable bonds is 11. The topological polar surface area (TPSA) is 83.7 Å². The number of ether oxygens (including phenoxy) is 1. The Morgan fingerprint density at radius 2 is 2.06 bits per heavy atom. The average molecular weight is 486 g/mol. The minimum atomic E-state index is -0.0216. The van der Waals surface area contributed by atoms with Gasteiger partial charge in [0.05, 0.1) is 31.5 Å². The molecule has 8 nitrogen and oxygen atoms in total. The number of amides is 1. The van der Waals surface area contributed by atoms with Gasteiger partial charge in [-0.1, -0.05) is 18.5 Å². The summed E-state index contributed by atoms with van der Waals surface area (Å²) >= 11 is 6.25. The second kappa shape index (κ2) is 12.1. The molecule has 1 aliphatic heterocycles. The first kappa shape index (κ1) is 24.4. The number of fused-ring (bicyclic) bond motifs is 1. The Bertz CT molecular complexity index is 1070. The molecule has 3 aromatic rings. The van der Waals surface area contributed by atoms with E-state index in [1.54, 1.807) is 6.26 Å².